The van der Waals surface area contributed by atoms with Gasteiger partial charge in [0.05, 0.1) is 11.5 Å². The van der Waals surface area contributed by atoms with Crippen LogP contribution >= 0.6 is 0 Å². The van der Waals surface area contributed by atoms with Crippen LogP contribution in [0.4, 0.5) is 26.3 Å². The molecule has 2 aliphatic carbocycles. The normalized spacial score (nSPS) is 31.3. The van der Waals surface area contributed by atoms with Gasteiger partial charge >= 0.3 is 12.4 Å². The van der Waals surface area contributed by atoms with Crippen molar-refractivity contribution in [3.63, 3.8) is 0 Å². The van der Waals surface area contributed by atoms with Gasteiger partial charge in [-0.2, -0.15) is 43.8 Å². The Balaban J connectivity index is 1.26. The molecular weight excluding hydrogens is 520 g/mol. The molecular formula is C25H31F6N3O2S. The largest absolute Gasteiger partial charge is 0.402 e. The lowest BCUT2D eigenvalue weighted by Crippen LogP contribution is -2.52. The number of alkyl halides is 6. The van der Waals surface area contributed by atoms with E-state index < -0.39 is 40.6 Å². The van der Waals surface area contributed by atoms with Crippen LogP contribution in [-0.2, 0) is 23.1 Å². The summed E-state index contributed by atoms with van der Waals surface area (Å²) in [6, 6.07) is 6.02. The Morgan fingerprint density at radius 2 is 1.62 bits per heavy atom. The summed E-state index contributed by atoms with van der Waals surface area (Å²) in [5, 5.41) is 0. The van der Waals surface area contributed by atoms with Crippen LogP contribution < -0.4 is 4.72 Å². The van der Waals surface area contributed by atoms with Gasteiger partial charge in [-0.1, -0.05) is 30.4 Å². The van der Waals surface area contributed by atoms with Crippen LogP contribution in [0.5, 0.6) is 0 Å². The van der Waals surface area contributed by atoms with Crippen molar-refractivity contribution in [1.82, 2.24) is 13.9 Å². The molecule has 37 heavy (non-hydrogen) atoms. The van der Waals surface area contributed by atoms with E-state index in [4.69, 9.17) is 0 Å². The number of rotatable bonds is 4. The lowest BCUT2D eigenvalue weighted by atomic mass is 9.79. The van der Waals surface area contributed by atoms with E-state index in [1.165, 1.54) is 0 Å². The van der Waals surface area contributed by atoms with Gasteiger partial charge in [0, 0.05) is 13.1 Å². The fourth-order valence-corrected chi connectivity index (χ4v) is 8.46. The molecule has 5 nitrogen and oxygen atoms in total. The summed E-state index contributed by atoms with van der Waals surface area (Å²) in [6.07, 6.45) is -1.92. The van der Waals surface area contributed by atoms with Crippen LogP contribution in [0.1, 0.15) is 42.4 Å². The minimum Gasteiger partial charge on any atom is -0.300 e. The van der Waals surface area contributed by atoms with Gasteiger partial charge < -0.3 is 0 Å². The maximum Gasteiger partial charge on any atom is 0.402 e. The van der Waals surface area contributed by atoms with Crippen molar-refractivity contribution in [2.45, 2.75) is 56.4 Å². The maximum absolute atomic E-state index is 13.1. The van der Waals surface area contributed by atoms with E-state index in [1.807, 2.05) is 35.3 Å². The fourth-order valence-electron chi connectivity index (χ4n) is 6.75. The van der Waals surface area contributed by atoms with E-state index in [0.29, 0.717) is 36.8 Å². The molecule has 0 aromatic heterocycles. The lowest BCUT2D eigenvalue weighted by Gasteiger charge is -2.33. The average Bonchev–Trinajstić information content (AvgIpc) is 3.17. The first-order valence-corrected chi connectivity index (χ1v) is 14.1. The van der Waals surface area contributed by atoms with E-state index in [9.17, 15) is 34.8 Å². The van der Waals surface area contributed by atoms with Crippen molar-refractivity contribution in [3.05, 3.63) is 41.0 Å². The molecule has 2 aliphatic heterocycles. The molecule has 0 amide bonds. The number of halogens is 6. The molecule has 1 aromatic carbocycles. The number of hydrogen-bond acceptors (Lipinski definition) is 3. The van der Waals surface area contributed by atoms with Gasteiger partial charge in [0.2, 0.25) is 0 Å². The molecule has 2 saturated heterocycles. The Kier molecular flexibility index (Phi) is 6.94. The number of benzene rings is 1. The molecule has 1 N–H and O–H groups in total. The first-order chi connectivity index (χ1) is 17.3. The van der Waals surface area contributed by atoms with Gasteiger partial charge in [0.1, 0.15) is 6.54 Å². The van der Waals surface area contributed by atoms with Crippen LogP contribution in [0.25, 0.3) is 6.08 Å². The molecule has 1 saturated carbocycles. The molecule has 0 radical (unpaired) electrons. The van der Waals surface area contributed by atoms with E-state index >= 15 is 0 Å². The Labute approximate surface area is 213 Å². The number of nitrogens with one attached hydrogen (secondary N) is 1. The summed E-state index contributed by atoms with van der Waals surface area (Å²) >= 11 is 0. The van der Waals surface area contributed by atoms with Crippen molar-refractivity contribution in [3.8, 4) is 0 Å². The van der Waals surface area contributed by atoms with Crippen molar-refractivity contribution in [2.75, 3.05) is 32.7 Å². The summed E-state index contributed by atoms with van der Waals surface area (Å²) in [5.74, 6) is -1.39. The number of piperidine rings is 1. The third kappa shape index (κ3) is 5.58. The molecule has 3 fully saturated rings. The van der Waals surface area contributed by atoms with Crippen molar-refractivity contribution in [1.29, 1.82) is 0 Å². The fraction of sp³-hybridized carbons (Fsp3) is 0.680. The third-order valence-corrected chi connectivity index (χ3v) is 10.2. The molecule has 3 atom stereocenters. The molecule has 12 heteroatoms. The first-order valence-electron chi connectivity index (χ1n) is 12.7. The number of fused-ring (bicyclic) bond motifs is 1. The molecule has 1 aromatic rings. The standard InChI is InChI=1S/C25H31F6N3O2S/c26-24(27,28)16-34-15-23(32-37(34,35)36)21-5-6-22(23)14-19-12-17(3-4-18(19)13-21)2-1-9-33-10-7-20(8-11-33)25(29,30)31/h1-4,12,20-22,32H,5-11,13-16H2/b2-1+/t21-,22+,23-/m1/s1. The summed E-state index contributed by atoms with van der Waals surface area (Å²) < 4.78 is 106. The lowest BCUT2D eigenvalue weighted by molar-refractivity contribution is -0.184. The Hall–Kier alpha value is -1.63. The minimum atomic E-state index is -4.61. The molecule has 5 rings (SSSR count). The number of nitrogens with zero attached hydrogens (tertiary/aromatic N) is 2. The molecule has 1 spiro atoms. The molecule has 4 aliphatic rings. The predicted octanol–water partition coefficient (Wildman–Crippen LogP) is 4.55. The van der Waals surface area contributed by atoms with E-state index in [-0.39, 0.29) is 31.2 Å². The summed E-state index contributed by atoms with van der Waals surface area (Å²) in [7, 11) is -4.22. The smallest absolute Gasteiger partial charge is 0.300 e. The number of likely N-dealkylation sites (tertiary alicyclic amines) is 1. The van der Waals surface area contributed by atoms with E-state index in [1.54, 1.807) is 0 Å². The van der Waals surface area contributed by atoms with Gasteiger partial charge in [-0.3, -0.25) is 4.90 Å². The predicted molar refractivity (Wildman–Crippen MR) is 127 cm³/mol. The molecule has 206 valence electrons. The van der Waals surface area contributed by atoms with Gasteiger partial charge in [-0.05, 0) is 80.1 Å². The summed E-state index contributed by atoms with van der Waals surface area (Å²) in [4.78, 5) is 2.00. The van der Waals surface area contributed by atoms with Crippen molar-refractivity contribution >= 4 is 16.3 Å². The van der Waals surface area contributed by atoms with Crippen LogP contribution in [0.15, 0.2) is 24.3 Å². The van der Waals surface area contributed by atoms with Crippen LogP contribution in [0.2, 0.25) is 0 Å². The van der Waals surface area contributed by atoms with Crippen LogP contribution in [-0.4, -0.2) is 68.2 Å². The van der Waals surface area contributed by atoms with Crippen LogP contribution in [0.3, 0.4) is 0 Å². The van der Waals surface area contributed by atoms with Crippen molar-refractivity contribution in [2.24, 2.45) is 17.8 Å². The minimum absolute atomic E-state index is 0.0761. The van der Waals surface area contributed by atoms with Gasteiger partial charge in [0.25, 0.3) is 10.2 Å². The maximum atomic E-state index is 13.1. The zero-order chi connectivity index (χ0) is 26.6. The Morgan fingerprint density at radius 1 is 0.973 bits per heavy atom. The highest BCUT2D eigenvalue weighted by atomic mass is 32.2. The van der Waals surface area contributed by atoms with Gasteiger partial charge in [-0.15, -0.1) is 0 Å². The summed E-state index contributed by atoms with van der Waals surface area (Å²) in [6.45, 7) is -0.280. The third-order valence-electron chi connectivity index (χ3n) is 8.66. The average molecular weight is 552 g/mol. The van der Waals surface area contributed by atoms with Crippen LogP contribution in [0, 0.1) is 17.8 Å². The second kappa shape index (κ2) is 9.53. The number of hydrogen-bond donors (Lipinski definition) is 1. The molecule has 0 unspecified atom stereocenters. The van der Waals surface area contributed by atoms with Gasteiger partial charge in [-0.25, -0.2) is 0 Å². The summed E-state index contributed by atoms with van der Waals surface area (Å²) in [5.41, 5.74) is 2.21. The highest BCUT2D eigenvalue weighted by Crippen LogP contribution is 2.50. The zero-order valence-electron chi connectivity index (χ0n) is 20.3. The quantitative estimate of drug-likeness (QED) is 0.559. The topological polar surface area (TPSA) is 52.7 Å². The zero-order valence-corrected chi connectivity index (χ0v) is 21.1. The second-order valence-corrected chi connectivity index (χ2v) is 12.6. The highest BCUT2D eigenvalue weighted by molar-refractivity contribution is 7.87. The second-order valence-electron chi connectivity index (χ2n) is 11.0. The Morgan fingerprint density at radius 3 is 2.24 bits per heavy atom. The Bertz CT molecular complexity index is 1140. The monoisotopic (exact) mass is 551 g/mol. The van der Waals surface area contributed by atoms with Gasteiger partial charge in [0.15, 0.2) is 0 Å². The molecule has 2 bridgehead atoms. The van der Waals surface area contributed by atoms with Crippen molar-refractivity contribution < 1.29 is 34.8 Å². The van der Waals surface area contributed by atoms with E-state index in [0.717, 1.165) is 29.5 Å². The molecule has 2 heterocycles. The highest BCUT2D eigenvalue weighted by Gasteiger charge is 2.60. The SMILES string of the molecule is O=S1(=O)N[C@]2(CN1CC(F)(F)F)[C@@H]1CC[C@H]2Cc2cc(/C=C/CN3CCC(C(F)(F)F)CC3)ccc2C1. The first kappa shape index (κ1) is 27.0. The van der Waals surface area contributed by atoms with E-state index in [2.05, 4.69) is 4.72 Å².